The summed E-state index contributed by atoms with van der Waals surface area (Å²) in [6, 6.07) is 15.6. The van der Waals surface area contributed by atoms with E-state index in [1.165, 1.54) is 27.1 Å². The van der Waals surface area contributed by atoms with Gasteiger partial charge in [-0.15, -0.1) is 11.8 Å². The van der Waals surface area contributed by atoms with Crippen LogP contribution in [0.3, 0.4) is 0 Å². The van der Waals surface area contributed by atoms with Crippen LogP contribution in [-0.4, -0.2) is 6.04 Å². The smallest absolute Gasteiger partial charge is 0.0232 e. The van der Waals surface area contributed by atoms with Crippen molar-refractivity contribution in [1.82, 2.24) is 0 Å². The molecule has 2 aromatic carbocycles. The summed E-state index contributed by atoms with van der Waals surface area (Å²) in [5, 5.41) is 0. The summed E-state index contributed by atoms with van der Waals surface area (Å²) in [4.78, 5) is 1.36. The first-order valence-electron chi connectivity index (χ1n) is 7.08. The van der Waals surface area contributed by atoms with Gasteiger partial charge in [-0.1, -0.05) is 42.0 Å². The Kier molecular flexibility index (Phi) is 5.27. The molecule has 0 aliphatic heterocycles. The van der Waals surface area contributed by atoms with Crippen molar-refractivity contribution in [3.05, 3.63) is 64.7 Å². The van der Waals surface area contributed by atoms with Gasteiger partial charge in [0.1, 0.15) is 0 Å². The molecule has 0 spiro atoms. The largest absolute Gasteiger partial charge is 0.328 e. The summed E-state index contributed by atoms with van der Waals surface area (Å²) in [6.07, 6.45) is 0.948. The van der Waals surface area contributed by atoms with Crippen molar-refractivity contribution in [3.8, 4) is 0 Å². The predicted molar refractivity (Wildman–Crippen MR) is 89.3 cm³/mol. The highest BCUT2D eigenvalue weighted by molar-refractivity contribution is 7.98. The van der Waals surface area contributed by atoms with Crippen molar-refractivity contribution < 1.29 is 0 Å². The van der Waals surface area contributed by atoms with Crippen molar-refractivity contribution >= 4 is 11.8 Å². The zero-order valence-electron chi connectivity index (χ0n) is 12.5. The lowest BCUT2D eigenvalue weighted by atomic mass is 10.1. The standard InChI is InChI=1S/C18H23NS/c1-13-5-4-6-17(9-13)12-20-18-8-7-16(10-14(18)2)11-15(3)19/h4-10,15H,11-12,19H2,1-3H3. The summed E-state index contributed by atoms with van der Waals surface area (Å²) in [6.45, 7) is 6.38. The fourth-order valence-electron chi connectivity index (χ4n) is 2.34. The number of hydrogen-bond donors (Lipinski definition) is 1. The van der Waals surface area contributed by atoms with Crippen molar-refractivity contribution in [2.45, 2.75) is 43.9 Å². The Morgan fingerprint density at radius 2 is 1.85 bits per heavy atom. The maximum atomic E-state index is 5.86. The van der Waals surface area contributed by atoms with Crippen LogP contribution in [0.4, 0.5) is 0 Å². The second-order valence-corrected chi connectivity index (χ2v) is 6.58. The molecule has 2 N–H and O–H groups in total. The van der Waals surface area contributed by atoms with Crippen LogP contribution in [0.5, 0.6) is 0 Å². The van der Waals surface area contributed by atoms with E-state index < -0.39 is 0 Å². The summed E-state index contributed by atoms with van der Waals surface area (Å²) < 4.78 is 0. The molecule has 0 aliphatic carbocycles. The molecule has 0 heterocycles. The monoisotopic (exact) mass is 285 g/mol. The van der Waals surface area contributed by atoms with Crippen molar-refractivity contribution in [2.75, 3.05) is 0 Å². The molecule has 0 bridgehead atoms. The van der Waals surface area contributed by atoms with Gasteiger partial charge in [0, 0.05) is 16.7 Å². The van der Waals surface area contributed by atoms with Crippen molar-refractivity contribution in [2.24, 2.45) is 5.73 Å². The molecule has 2 heteroatoms. The SMILES string of the molecule is Cc1cccc(CSc2ccc(CC(C)N)cc2C)c1. The molecule has 1 unspecified atom stereocenters. The molecule has 2 aromatic rings. The molecular formula is C18H23NS. The molecule has 0 saturated heterocycles. The van der Waals surface area contributed by atoms with Crippen LogP contribution >= 0.6 is 11.8 Å². The molecule has 0 aromatic heterocycles. The molecule has 0 aliphatic rings. The van der Waals surface area contributed by atoms with E-state index in [1.807, 2.05) is 11.8 Å². The van der Waals surface area contributed by atoms with Crippen LogP contribution in [-0.2, 0) is 12.2 Å². The van der Waals surface area contributed by atoms with E-state index >= 15 is 0 Å². The number of rotatable bonds is 5. The first-order valence-corrected chi connectivity index (χ1v) is 8.06. The molecule has 20 heavy (non-hydrogen) atoms. The number of thioether (sulfide) groups is 1. The van der Waals surface area contributed by atoms with Gasteiger partial charge in [0.2, 0.25) is 0 Å². The number of hydrogen-bond acceptors (Lipinski definition) is 2. The quantitative estimate of drug-likeness (QED) is 0.819. The molecule has 0 radical (unpaired) electrons. The van der Waals surface area contributed by atoms with Gasteiger partial charge in [0.05, 0.1) is 0 Å². The second-order valence-electron chi connectivity index (χ2n) is 5.56. The van der Waals surface area contributed by atoms with E-state index in [0.717, 1.165) is 12.2 Å². The Balaban J connectivity index is 2.03. The Morgan fingerprint density at radius 1 is 1.05 bits per heavy atom. The van der Waals surface area contributed by atoms with Gasteiger partial charge in [0.15, 0.2) is 0 Å². The fourth-order valence-corrected chi connectivity index (χ4v) is 3.29. The van der Waals surface area contributed by atoms with E-state index in [-0.39, 0.29) is 6.04 Å². The molecule has 0 fully saturated rings. The van der Waals surface area contributed by atoms with Gasteiger partial charge >= 0.3 is 0 Å². The average molecular weight is 285 g/mol. The van der Waals surface area contributed by atoms with Crippen LogP contribution in [0.15, 0.2) is 47.4 Å². The Hall–Kier alpha value is -1.25. The lowest BCUT2D eigenvalue weighted by molar-refractivity contribution is 0.737. The third-order valence-electron chi connectivity index (χ3n) is 3.27. The van der Waals surface area contributed by atoms with Crippen LogP contribution in [0.1, 0.15) is 29.2 Å². The van der Waals surface area contributed by atoms with E-state index in [2.05, 4.69) is 63.2 Å². The summed E-state index contributed by atoms with van der Waals surface area (Å²) in [7, 11) is 0. The van der Waals surface area contributed by atoms with Crippen molar-refractivity contribution in [1.29, 1.82) is 0 Å². The minimum Gasteiger partial charge on any atom is -0.328 e. The number of benzene rings is 2. The zero-order valence-corrected chi connectivity index (χ0v) is 13.3. The van der Waals surface area contributed by atoms with Gasteiger partial charge in [-0.3, -0.25) is 0 Å². The molecule has 106 valence electrons. The van der Waals surface area contributed by atoms with Gasteiger partial charge in [-0.05, 0) is 49.9 Å². The Labute approximate surface area is 126 Å². The van der Waals surface area contributed by atoms with E-state index in [9.17, 15) is 0 Å². The fraction of sp³-hybridized carbons (Fsp3) is 0.333. The average Bonchev–Trinajstić information content (AvgIpc) is 2.37. The summed E-state index contributed by atoms with van der Waals surface area (Å²) >= 11 is 1.91. The molecule has 1 atom stereocenters. The zero-order chi connectivity index (χ0) is 14.5. The summed E-state index contributed by atoms with van der Waals surface area (Å²) in [5.41, 5.74) is 11.2. The lowest BCUT2D eigenvalue weighted by Crippen LogP contribution is -2.17. The normalized spacial score (nSPS) is 12.4. The maximum absolute atomic E-state index is 5.86. The van der Waals surface area contributed by atoms with Crippen LogP contribution in [0.25, 0.3) is 0 Å². The minimum absolute atomic E-state index is 0.222. The molecule has 1 nitrogen and oxygen atoms in total. The third-order valence-corrected chi connectivity index (χ3v) is 4.52. The number of aryl methyl sites for hydroxylation is 2. The van der Waals surface area contributed by atoms with Crippen LogP contribution in [0, 0.1) is 13.8 Å². The predicted octanol–water partition coefficient (Wildman–Crippen LogP) is 4.49. The van der Waals surface area contributed by atoms with Gasteiger partial charge in [-0.2, -0.15) is 0 Å². The van der Waals surface area contributed by atoms with Gasteiger partial charge in [0.25, 0.3) is 0 Å². The van der Waals surface area contributed by atoms with Gasteiger partial charge < -0.3 is 5.73 Å². The second kappa shape index (κ2) is 6.96. The highest BCUT2D eigenvalue weighted by atomic mass is 32.2. The maximum Gasteiger partial charge on any atom is 0.0232 e. The molecule has 0 saturated carbocycles. The van der Waals surface area contributed by atoms with Crippen molar-refractivity contribution in [3.63, 3.8) is 0 Å². The first-order chi connectivity index (χ1) is 9.54. The van der Waals surface area contributed by atoms with Crippen LogP contribution in [0.2, 0.25) is 0 Å². The Bertz CT molecular complexity index is 575. The third kappa shape index (κ3) is 4.39. The minimum atomic E-state index is 0.222. The lowest BCUT2D eigenvalue weighted by Gasteiger charge is -2.10. The number of nitrogens with two attached hydrogens (primary N) is 1. The molecule has 2 rings (SSSR count). The van der Waals surface area contributed by atoms with E-state index in [1.54, 1.807) is 0 Å². The van der Waals surface area contributed by atoms with E-state index in [0.29, 0.717) is 0 Å². The molecular weight excluding hydrogens is 262 g/mol. The van der Waals surface area contributed by atoms with E-state index in [4.69, 9.17) is 5.73 Å². The van der Waals surface area contributed by atoms with Crippen LogP contribution < -0.4 is 5.73 Å². The highest BCUT2D eigenvalue weighted by Crippen LogP contribution is 2.27. The molecule has 0 amide bonds. The highest BCUT2D eigenvalue weighted by Gasteiger charge is 2.04. The summed E-state index contributed by atoms with van der Waals surface area (Å²) in [5.74, 6) is 1.02. The first kappa shape index (κ1) is 15.1. The Morgan fingerprint density at radius 3 is 2.50 bits per heavy atom. The topological polar surface area (TPSA) is 26.0 Å². The van der Waals surface area contributed by atoms with Gasteiger partial charge in [-0.25, -0.2) is 0 Å².